The van der Waals surface area contributed by atoms with E-state index in [2.05, 4.69) is 0 Å². The van der Waals surface area contributed by atoms with Gasteiger partial charge in [-0.05, 0) is 25.3 Å². The Morgan fingerprint density at radius 2 is 2.21 bits per heavy atom. The molecule has 0 radical (unpaired) electrons. The normalized spacial score (nSPS) is 15.1. The Balaban J connectivity index is 2.76. The van der Waals surface area contributed by atoms with E-state index in [1.165, 1.54) is 13.0 Å². The number of halogens is 1. The average Bonchev–Trinajstić information content (AvgIpc) is 2.82. The van der Waals surface area contributed by atoms with Gasteiger partial charge in [-0.25, -0.2) is 8.42 Å². The van der Waals surface area contributed by atoms with Gasteiger partial charge in [-0.2, -0.15) is 0 Å². The summed E-state index contributed by atoms with van der Waals surface area (Å²) in [6, 6.07) is 3.19. The van der Waals surface area contributed by atoms with E-state index in [1.807, 2.05) is 0 Å². The number of Topliss-reactive ketones (excluding diaryl/α,β-unsaturated/α-hetero) is 1. The van der Waals surface area contributed by atoms with E-state index >= 15 is 0 Å². The zero-order valence-corrected chi connectivity index (χ0v) is 13.2. The van der Waals surface area contributed by atoms with Crippen molar-refractivity contribution in [2.75, 3.05) is 6.61 Å². The number of sulfone groups is 1. The molecule has 0 saturated heterocycles. The predicted octanol–water partition coefficient (Wildman–Crippen LogP) is 2.86. The van der Waals surface area contributed by atoms with Crippen molar-refractivity contribution < 1.29 is 17.9 Å². The first kappa shape index (κ1) is 16.6. The molecule has 2 unspecified atom stereocenters. The molecule has 0 aliphatic rings. The number of rotatable bonds is 8. The van der Waals surface area contributed by atoms with Crippen molar-refractivity contribution >= 4 is 38.6 Å². The van der Waals surface area contributed by atoms with Crippen LogP contribution in [0.1, 0.15) is 26.7 Å². The molecule has 0 spiro atoms. The Bertz CT molecular complexity index is 496. The van der Waals surface area contributed by atoms with Crippen LogP contribution >= 0.6 is 22.9 Å². The molecule has 0 fully saturated rings. The van der Waals surface area contributed by atoms with Crippen LogP contribution in [0.15, 0.2) is 21.7 Å². The number of alkyl halides is 1. The van der Waals surface area contributed by atoms with Gasteiger partial charge in [0.15, 0.2) is 0 Å². The fraction of sp³-hybridized carbons (Fsp3) is 0.583. The summed E-state index contributed by atoms with van der Waals surface area (Å²) in [6.45, 7) is 3.66. The highest BCUT2D eigenvalue weighted by Gasteiger charge is 2.29. The molecule has 0 aliphatic heterocycles. The number of ketones is 1. The molecule has 0 N–H and O–H groups in total. The van der Waals surface area contributed by atoms with Crippen molar-refractivity contribution in [1.82, 2.24) is 0 Å². The van der Waals surface area contributed by atoms with Gasteiger partial charge >= 0.3 is 0 Å². The van der Waals surface area contributed by atoms with Crippen LogP contribution in [0.3, 0.4) is 0 Å². The highest BCUT2D eigenvalue weighted by atomic mass is 35.5. The fourth-order valence-electron chi connectivity index (χ4n) is 1.65. The van der Waals surface area contributed by atoms with E-state index in [1.54, 1.807) is 18.4 Å². The highest BCUT2D eigenvalue weighted by molar-refractivity contribution is 7.95. The van der Waals surface area contributed by atoms with Gasteiger partial charge in [0, 0.05) is 19.4 Å². The summed E-state index contributed by atoms with van der Waals surface area (Å²) < 4.78 is 28.8. The van der Waals surface area contributed by atoms with E-state index in [0.717, 1.165) is 11.3 Å². The molecule has 0 saturated carbocycles. The van der Waals surface area contributed by atoms with Crippen molar-refractivity contribution in [3.8, 4) is 0 Å². The van der Waals surface area contributed by atoms with Crippen molar-refractivity contribution in [2.45, 2.75) is 41.7 Å². The first-order valence-electron chi connectivity index (χ1n) is 5.90. The Hall–Kier alpha value is -0.430. The number of carbonyl (C=O) groups is 1. The van der Waals surface area contributed by atoms with Gasteiger partial charge in [0.25, 0.3) is 0 Å². The molecule has 1 rings (SSSR count). The molecule has 1 aromatic rings. The van der Waals surface area contributed by atoms with Crippen LogP contribution in [0.5, 0.6) is 0 Å². The van der Waals surface area contributed by atoms with Crippen LogP contribution in [0, 0.1) is 0 Å². The smallest absolute Gasteiger partial charge is 0.204 e. The summed E-state index contributed by atoms with van der Waals surface area (Å²) in [5.41, 5.74) is 0. The van der Waals surface area contributed by atoms with Crippen LogP contribution in [0.25, 0.3) is 0 Å². The Labute approximate surface area is 122 Å². The van der Waals surface area contributed by atoms with E-state index in [-0.39, 0.29) is 22.8 Å². The van der Waals surface area contributed by atoms with Crippen molar-refractivity contribution in [3.05, 3.63) is 17.5 Å². The lowest BCUT2D eigenvalue weighted by molar-refractivity contribution is -0.119. The molecule has 0 amide bonds. The lowest BCUT2D eigenvalue weighted by atomic mass is 10.1. The van der Waals surface area contributed by atoms with Gasteiger partial charge in [-0.1, -0.05) is 6.07 Å². The Morgan fingerprint density at radius 1 is 1.53 bits per heavy atom. The molecule has 4 nitrogen and oxygen atoms in total. The second kappa shape index (κ2) is 7.38. The largest absolute Gasteiger partial charge is 0.378 e. The molecule has 108 valence electrons. The summed E-state index contributed by atoms with van der Waals surface area (Å²) in [5.74, 6) is -0.0455. The third-order valence-electron chi connectivity index (χ3n) is 2.48. The predicted molar refractivity (Wildman–Crippen MR) is 76.5 cm³/mol. The van der Waals surface area contributed by atoms with Crippen molar-refractivity contribution in [1.29, 1.82) is 0 Å². The van der Waals surface area contributed by atoms with Crippen LogP contribution in [0.4, 0.5) is 0 Å². The molecule has 7 heteroatoms. The summed E-state index contributed by atoms with van der Waals surface area (Å²) in [6.07, 6.45) is -0.175. The standard InChI is InChI=1S/C12H17ClO4S2/c1-3-17-10(7-9(2)14)8-11(13)19(15,16)12-5-4-6-18-12/h4-6,10-11H,3,7-8H2,1-2H3. The van der Waals surface area contributed by atoms with Crippen LogP contribution in [-0.4, -0.2) is 31.6 Å². The third-order valence-corrected chi connectivity index (χ3v) is 6.57. The minimum absolute atomic E-state index is 0.0455. The zero-order valence-electron chi connectivity index (χ0n) is 10.8. The summed E-state index contributed by atoms with van der Waals surface area (Å²) in [7, 11) is -3.55. The van der Waals surface area contributed by atoms with Crippen molar-refractivity contribution in [3.63, 3.8) is 0 Å². The second-order valence-corrected chi connectivity index (χ2v) is 8.20. The monoisotopic (exact) mass is 324 g/mol. The average molecular weight is 325 g/mol. The Kier molecular flexibility index (Phi) is 6.46. The molecule has 19 heavy (non-hydrogen) atoms. The summed E-state index contributed by atoms with van der Waals surface area (Å²) >= 11 is 7.14. The minimum Gasteiger partial charge on any atom is -0.378 e. The molecule has 0 aliphatic carbocycles. The summed E-state index contributed by atoms with van der Waals surface area (Å²) in [5, 5.41) is 1.69. The van der Waals surface area contributed by atoms with Gasteiger partial charge in [-0.15, -0.1) is 22.9 Å². The molecule has 2 atom stereocenters. The molecule has 1 aromatic heterocycles. The maximum Gasteiger partial charge on any atom is 0.204 e. The van der Waals surface area contributed by atoms with Crippen molar-refractivity contribution in [2.24, 2.45) is 0 Å². The van der Waals surface area contributed by atoms with E-state index in [0.29, 0.717) is 6.61 Å². The SMILES string of the molecule is CCOC(CC(C)=O)CC(Cl)S(=O)(=O)c1cccs1. The van der Waals surface area contributed by atoms with E-state index in [9.17, 15) is 13.2 Å². The fourth-order valence-corrected chi connectivity index (χ4v) is 4.78. The molecular weight excluding hydrogens is 308 g/mol. The third kappa shape index (κ3) is 4.87. The van der Waals surface area contributed by atoms with Gasteiger partial charge in [-0.3, -0.25) is 4.79 Å². The molecule has 0 bridgehead atoms. The zero-order chi connectivity index (χ0) is 14.5. The highest BCUT2D eigenvalue weighted by Crippen LogP contribution is 2.27. The first-order valence-corrected chi connectivity index (χ1v) is 8.76. The molecule has 0 aromatic carbocycles. The van der Waals surface area contributed by atoms with Crippen LogP contribution in [0.2, 0.25) is 0 Å². The van der Waals surface area contributed by atoms with Gasteiger partial charge in [0.2, 0.25) is 9.84 Å². The van der Waals surface area contributed by atoms with E-state index in [4.69, 9.17) is 16.3 Å². The van der Waals surface area contributed by atoms with E-state index < -0.39 is 20.7 Å². The number of hydrogen-bond acceptors (Lipinski definition) is 5. The lowest BCUT2D eigenvalue weighted by Crippen LogP contribution is -2.25. The number of thiophene rings is 1. The minimum atomic E-state index is -3.55. The number of hydrogen-bond donors (Lipinski definition) is 0. The van der Waals surface area contributed by atoms with Gasteiger partial charge in [0.1, 0.15) is 14.7 Å². The summed E-state index contributed by atoms with van der Waals surface area (Å²) in [4.78, 5) is 11.1. The lowest BCUT2D eigenvalue weighted by Gasteiger charge is -2.18. The van der Waals surface area contributed by atoms with Gasteiger partial charge < -0.3 is 4.74 Å². The number of carbonyl (C=O) groups excluding carboxylic acids is 1. The van der Waals surface area contributed by atoms with Crippen LogP contribution in [-0.2, 0) is 19.4 Å². The number of ether oxygens (including phenoxy) is 1. The molecule has 1 heterocycles. The maximum absolute atomic E-state index is 12.2. The second-order valence-electron chi connectivity index (χ2n) is 4.11. The van der Waals surface area contributed by atoms with Crippen LogP contribution < -0.4 is 0 Å². The first-order chi connectivity index (χ1) is 8.87. The quantitative estimate of drug-likeness (QED) is 0.690. The topological polar surface area (TPSA) is 60.4 Å². The Morgan fingerprint density at radius 3 is 2.68 bits per heavy atom. The molecular formula is C12H17ClO4S2. The maximum atomic E-state index is 12.2. The van der Waals surface area contributed by atoms with Gasteiger partial charge in [0.05, 0.1) is 6.10 Å².